The highest BCUT2D eigenvalue weighted by molar-refractivity contribution is 9.10. The van der Waals surface area contributed by atoms with Crippen molar-refractivity contribution in [1.29, 1.82) is 0 Å². The Balaban J connectivity index is 2.10. The van der Waals surface area contributed by atoms with Crippen molar-refractivity contribution in [3.05, 3.63) is 34.1 Å². The summed E-state index contributed by atoms with van der Waals surface area (Å²) in [6.07, 6.45) is 1.11. The van der Waals surface area contributed by atoms with Crippen LogP contribution in [0.5, 0.6) is 0 Å². The molecule has 0 saturated carbocycles. The lowest BCUT2D eigenvalue weighted by Crippen LogP contribution is -2.30. The van der Waals surface area contributed by atoms with Crippen molar-refractivity contribution in [2.24, 2.45) is 5.92 Å². The second-order valence-corrected chi connectivity index (χ2v) is 5.92. The first-order chi connectivity index (χ1) is 8.58. The number of benzene rings is 1. The number of rotatable bonds is 4. The van der Waals surface area contributed by atoms with Crippen LogP contribution in [0.3, 0.4) is 0 Å². The molecule has 1 aliphatic rings. The molecule has 1 aromatic rings. The standard InChI is InChI=1S/C14H19BrFNO/c1-9(2)17-8-10-5-6-18-14(10)12-4-3-11(16)7-13(12)15/h3-4,7,9-10,14,17H,5-6,8H2,1-2H3. The molecule has 1 N–H and O–H groups in total. The molecule has 0 amide bonds. The molecule has 1 aromatic carbocycles. The molecular formula is C14H19BrFNO. The zero-order valence-corrected chi connectivity index (χ0v) is 12.3. The Morgan fingerprint density at radius 2 is 2.28 bits per heavy atom. The first kappa shape index (κ1) is 14.0. The zero-order chi connectivity index (χ0) is 13.1. The molecule has 0 bridgehead atoms. The van der Waals surface area contributed by atoms with E-state index in [-0.39, 0.29) is 11.9 Å². The van der Waals surface area contributed by atoms with Crippen LogP contribution in [0.2, 0.25) is 0 Å². The topological polar surface area (TPSA) is 21.3 Å². The van der Waals surface area contributed by atoms with Crippen molar-refractivity contribution < 1.29 is 9.13 Å². The summed E-state index contributed by atoms with van der Waals surface area (Å²) in [5.74, 6) is 0.231. The van der Waals surface area contributed by atoms with Crippen molar-refractivity contribution in [2.45, 2.75) is 32.4 Å². The van der Waals surface area contributed by atoms with Crippen LogP contribution in [-0.2, 0) is 4.74 Å². The van der Waals surface area contributed by atoms with Crippen LogP contribution in [0.1, 0.15) is 31.9 Å². The molecule has 2 nitrogen and oxygen atoms in total. The number of hydrogen-bond acceptors (Lipinski definition) is 2. The normalized spacial score (nSPS) is 23.8. The molecule has 2 atom stereocenters. The summed E-state index contributed by atoms with van der Waals surface area (Å²) < 4.78 is 19.7. The third kappa shape index (κ3) is 3.31. The van der Waals surface area contributed by atoms with Gasteiger partial charge in [-0.1, -0.05) is 35.8 Å². The molecule has 18 heavy (non-hydrogen) atoms. The van der Waals surface area contributed by atoms with E-state index in [1.807, 2.05) is 6.07 Å². The molecule has 100 valence electrons. The van der Waals surface area contributed by atoms with E-state index in [0.29, 0.717) is 12.0 Å². The van der Waals surface area contributed by atoms with Gasteiger partial charge in [-0.25, -0.2) is 4.39 Å². The Bertz CT molecular complexity index is 411. The Kier molecular flexibility index (Phi) is 4.76. The van der Waals surface area contributed by atoms with E-state index in [2.05, 4.69) is 35.1 Å². The smallest absolute Gasteiger partial charge is 0.124 e. The lowest BCUT2D eigenvalue weighted by Gasteiger charge is -2.21. The van der Waals surface area contributed by atoms with Crippen LogP contribution >= 0.6 is 15.9 Å². The molecule has 0 spiro atoms. The van der Waals surface area contributed by atoms with Crippen LogP contribution in [0, 0.1) is 11.7 Å². The van der Waals surface area contributed by atoms with Crippen LogP contribution in [0.25, 0.3) is 0 Å². The van der Waals surface area contributed by atoms with Gasteiger partial charge in [0.1, 0.15) is 5.82 Å². The average Bonchev–Trinajstić information content (AvgIpc) is 2.74. The minimum Gasteiger partial charge on any atom is -0.373 e. The Morgan fingerprint density at radius 1 is 1.50 bits per heavy atom. The number of hydrogen-bond donors (Lipinski definition) is 1. The third-order valence-corrected chi connectivity index (χ3v) is 3.96. The highest BCUT2D eigenvalue weighted by Crippen LogP contribution is 2.37. The van der Waals surface area contributed by atoms with Gasteiger partial charge >= 0.3 is 0 Å². The largest absolute Gasteiger partial charge is 0.373 e. The summed E-state index contributed by atoms with van der Waals surface area (Å²) in [6.45, 7) is 5.99. The van der Waals surface area contributed by atoms with E-state index in [9.17, 15) is 4.39 Å². The summed E-state index contributed by atoms with van der Waals surface area (Å²) in [5.41, 5.74) is 1.05. The SMILES string of the molecule is CC(C)NCC1CCOC1c1ccc(F)cc1Br. The van der Waals surface area contributed by atoms with Crippen LogP contribution < -0.4 is 5.32 Å². The molecule has 1 aliphatic heterocycles. The monoisotopic (exact) mass is 315 g/mol. The van der Waals surface area contributed by atoms with Gasteiger partial charge in [0.25, 0.3) is 0 Å². The van der Waals surface area contributed by atoms with Gasteiger partial charge in [-0.3, -0.25) is 0 Å². The van der Waals surface area contributed by atoms with Gasteiger partial charge in [0.2, 0.25) is 0 Å². The van der Waals surface area contributed by atoms with Gasteiger partial charge in [0.15, 0.2) is 0 Å². The molecule has 1 saturated heterocycles. The van der Waals surface area contributed by atoms with E-state index in [1.54, 1.807) is 0 Å². The third-order valence-electron chi connectivity index (χ3n) is 3.27. The second kappa shape index (κ2) is 6.13. The van der Waals surface area contributed by atoms with E-state index in [4.69, 9.17) is 4.74 Å². The van der Waals surface area contributed by atoms with Gasteiger partial charge in [-0.15, -0.1) is 0 Å². The van der Waals surface area contributed by atoms with Gasteiger partial charge in [-0.05, 0) is 24.1 Å². The maximum Gasteiger partial charge on any atom is 0.124 e. The maximum atomic E-state index is 13.1. The molecule has 0 aromatic heterocycles. The molecule has 0 radical (unpaired) electrons. The fourth-order valence-electron chi connectivity index (χ4n) is 2.31. The summed E-state index contributed by atoms with van der Waals surface area (Å²) in [7, 11) is 0. The molecule has 1 fully saturated rings. The van der Waals surface area contributed by atoms with Crippen molar-refractivity contribution in [1.82, 2.24) is 5.32 Å². The van der Waals surface area contributed by atoms with Crippen LogP contribution in [0.4, 0.5) is 4.39 Å². The second-order valence-electron chi connectivity index (χ2n) is 5.07. The van der Waals surface area contributed by atoms with Crippen LogP contribution in [0.15, 0.2) is 22.7 Å². The fourth-order valence-corrected chi connectivity index (χ4v) is 2.88. The summed E-state index contributed by atoms with van der Waals surface area (Å²) in [4.78, 5) is 0. The van der Waals surface area contributed by atoms with E-state index in [1.165, 1.54) is 12.1 Å². The number of halogens is 2. The average molecular weight is 316 g/mol. The number of ether oxygens (including phenoxy) is 1. The van der Waals surface area contributed by atoms with E-state index < -0.39 is 0 Å². The van der Waals surface area contributed by atoms with Crippen molar-refractivity contribution in [3.63, 3.8) is 0 Å². The molecular weight excluding hydrogens is 297 g/mol. The minimum atomic E-state index is -0.222. The van der Waals surface area contributed by atoms with E-state index >= 15 is 0 Å². The maximum absolute atomic E-state index is 13.1. The Hall–Kier alpha value is -0.450. The quantitative estimate of drug-likeness (QED) is 0.915. The Labute approximate surface area is 116 Å². The summed E-state index contributed by atoms with van der Waals surface area (Å²) in [6, 6.07) is 5.29. The summed E-state index contributed by atoms with van der Waals surface area (Å²) >= 11 is 3.42. The van der Waals surface area contributed by atoms with Crippen molar-refractivity contribution >= 4 is 15.9 Å². The van der Waals surface area contributed by atoms with Gasteiger partial charge in [-0.2, -0.15) is 0 Å². The van der Waals surface area contributed by atoms with Gasteiger partial charge in [0.05, 0.1) is 6.10 Å². The highest BCUT2D eigenvalue weighted by atomic mass is 79.9. The Morgan fingerprint density at radius 3 is 2.94 bits per heavy atom. The number of nitrogens with one attached hydrogen (secondary N) is 1. The molecule has 2 rings (SSSR count). The molecule has 0 aliphatic carbocycles. The van der Waals surface area contributed by atoms with Gasteiger partial charge in [0, 0.05) is 29.6 Å². The summed E-state index contributed by atoms with van der Waals surface area (Å²) in [5, 5.41) is 3.45. The fraction of sp³-hybridized carbons (Fsp3) is 0.571. The van der Waals surface area contributed by atoms with Crippen molar-refractivity contribution in [3.8, 4) is 0 Å². The lowest BCUT2D eigenvalue weighted by molar-refractivity contribution is 0.0894. The van der Waals surface area contributed by atoms with Crippen LogP contribution in [-0.4, -0.2) is 19.2 Å². The zero-order valence-electron chi connectivity index (χ0n) is 10.7. The molecule has 4 heteroatoms. The van der Waals surface area contributed by atoms with Gasteiger partial charge < -0.3 is 10.1 Å². The molecule has 2 unspecified atom stereocenters. The predicted molar refractivity (Wildman–Crippen MR) is 74.0 cm³/mol. The van der Waals surface area contributed by atoms with Crippen molar-refractivity contribution in [2.75, 3.05) is 13.2 Å². The predicted octanol–water partition coefficient (Wildman–Crippen LogP) is 3.66. The highest BCUT2D eigenvalue weighted by Gasteiger charge is 2.30. The molecule has 1 heterocycles. The lowest BCUT2D eigenvalue weighted by atomic mass is 9.95. The minimum absolute atomic E-state index is 0.0613. The van der Waals surface area contributed by atoms with E-state index in [0.717, 1.165) is 29.6 Å². The first-order valence-electron chi connectivity index (χ1n) is 6.38. The first-order valence-corrected chi connectivity index (χ1v) is 7.17.